The number of amides is 1. The molecular weight excluding hydrogens is 355 g/mol. The van der Waals surface area contributed by atoms with Crippen LogP contribution in [0.2, 0.25) is 0 Å². The van der Waals surface area contributed by atoms with Gasteiger partial charge in [0.15, 0.2) is 0 Å². The number of anilines is 1. The van der Waals surface area contributed by atoms with E-state index in [4.69, 9.17) is 0 Å². The zero-order valence-corrected chi connectivity index (χ0v) is 15.6. The molecule has 0 aliphatic heterocycles. The van der Waals surface area contributed by atoms with Crippen molar-refractivity contribution in [3.8, 4) is 17.1 Å². The number of carbonyl (C=O) groups is 1. The topological polar surface area (TPSA) is 51.9 Å². The van der Waals surface area contributed by atoms with Crippen LogP contribution in [-0.4, -0.2) is 20.3 Å². The molecule has 0 bridgehead atoms. The lowest BCUT2D eigenvalue weighted by atomic mass is 10.2. The molecule has 0 aliphatic carbocycles. The lowest BCUT2D eigenvalue weighted by Gasteiger charge is -2.09. The molecule has 0 radical (unpaired) electrons. The number of benzene rings is 2. The molecule has 0 saturated heterocycles. The Labute approximate surface area is 162 Å². The van der Waals surface area contributed by atoms with Gasteiger partial charge in [0.25, 0.3) is 5.91 Å². The van der Waals surface area contributed by atoms with Crippen LogP contribution in [-0.2, 0) is 7.05 Å². The fourth-order valence-corrected chi connectivity index (χ4v) is 3.01. The van der Waals surface area contributed by atoms with Gasteiger partial charge in [-0.3, -0.25) is 4.79 Å². The van der Waals surface area contributed by atoms with Gasteiger partial charge in [-0.2, -0.15) is 5.10 Å². The van der Waals surface area contributed by atoms with Crippen LogP contribution in [0.5, 0.6) is 0 Å². The van der Waals surface area contributed by atoms with Crippen molar-refractivity contribution in [2.24, 2.45) is 7.05 Å². The molecule has 140 valence electrons. The predicted octanol–water partition coefficient (Wildman–Crippen LogP) is 4.58. The number of aromatic nitrogens is 3. The van der Waals surface area contributed by atoms with Crippen LogP contribution in [0.4, 0.5) is 10.1 Å². The molecule has 0 fully saturated rings. The highest BCUT2D eigenvalue weighted by Crippen LogP contribution is 2.23. The van der Waals surface area contributed by atoms with Gasteiger partial charge >= 0.3 is 0 Å². The zero-order valence-electron chi connectivity index (χ0n) is 15.6. The van der Waals surface area contributed by atoms with Crippen molar-refractivity contribution < 1.29 is 9.18 Å². The molecular formula is C22H19FN4O. The van der Waals surface area contributed by atoms with Gasteiger partial charge in [0, 0.05) is 18.9 Å². The lowest BCUT2D eigenvalue weighted by molar-refractivity contribution is 0.101. The molecule has 0 unspecified atom stereocenters. The molecule has 0 spiro atoms. The van der Waals surface area contributed by atoms with Gasteiger partial charge in [0.2, 0.25) is 0 Å². The van der Waals surface area contributed by atoms with E-state index in [-0.39, 0.29) is 11.7 Å². The third kappa shape index (κ3) is 3.44. The van der Waals surface area contributed by atoms with Crippen molar-refractivity contribution in [3.63, 3.8) is 0 Å². The third-order valence-corrected chi connectivity index (χ3v) is 4.53. The maximum absolute atomic E-state index is 13.1. The van der Waals surface area contributed by atoms with Gasteiger partial charge in [-0.15, -0.1) is 0 Å². The van der Waals surface area contributed by atoms with Gasteiger partial charge in [-0.05, 0) is 61.5 Å². The standard InChI is InChI=1S/C22H19FN4O/c1-15-5-11-18(12-6-15)27-21(14-19(25-27)20-4-3-13-26(20)2)22(28)24-17-9-7-16(23)8-10-17/h3-14H,1-2H3,(H,24,28). The molecule has 2 heterocycles. The number of hydrogen-bond acceptors (Lipinski definition) is 2. The van der Waals surface area contributed by atoms with Crippen LogP contribution < -0.4 is 5.32 Å². The number of nitrogens with zero attached hydrogens (tertiary/aromatic N) is 3. The Hall–Kier alpha value is -3.67. The first-order valence-corrected chi connectivity index (χ1v) is 8.87. The number of hydrogen-bond donors (Lipinski definition) is 1. The summed E-state index contributed by atoms with van der Waals surface area (Å²) in [7, 11) is 1.93. The van der Waals surface area contributed by atoms with Crippen molar-refractivity contribution in [1.82, 2.24) is 14.3 Å². The smallest absolute Gasteiger partial charge is 0.274 e. The minimum atomic E-state index is -0.353. The van der Waals surface area contributed by atoms with Gasteiger partial charge < -0.3 is 9.88 Å². The van der Waals surface area contributed by atoms with Crippen molar-refractivity contribution in [2.75, 3.05) is 5.32 Å². The van der Waals surface area contributed by atoms with Crippen LogP contribution >= 0.6 is 0 Å². The first-order valence-electron chi connectivity index (χ1n) is 8.87. The number of carbonyl (C=O) groups excluding carboxylic acids is 1. The molecule has 2 aromatic heterocycles. The maximum atomic E-state index is 13.1. The number of rotatable bonds is 4. The summed E-state index contributed by atoms with van der Waals surface area (Å²) in [6.07, 6.45) is 1.93. The second kappa shape index (κ2) is 7.15. The summed E-state index contributed by atoms with van der Waals surface area (Å²) in [6.45, 7) is 2.00. The average molecular weight is 374 g/mol. The molecule has 5 nitrogen and oxygen atoms in total. The molecule has 4 aromatic rings. The summed E-state index contributed by atoms with van der Waals surface area (Å²) >= 11 is 0. The minimum absolute atomic E-state index is 0.319. The second-order valence-electron chi connectivity index (χ2n) is 6.63. The molecule has 28 heavy (non-hydrogen) atoms. The van der Waals surface area contributed by atoms with E-state index in [1.165, 1.54) is 24.3 Å². The average Bonchev–Trinajstić information content (AvgIpc) is 3.30. The summed E-state index contributed by atoms with van der Waals surface area (Å²) < 4.78 is 16.7. The lowest BCUT2D eigenvalue weighted by Crippen LogP contribution is -2.17. The number of halogens is 1. The van der Waals surface area contributed by atoms with Gasteiger partial charge in [-0.1, -0.05) is 17.7 Å². The molecule has 2 aromatic carbocycles. The third-order valence-electron chi connectivity index (χ3n) is 4.53. The van der Waals surface area contributed by atoms with Crippen molar-refractivity contribution in [3.05, 3.63) is 90.0 Å². The molecule has 1 amide bonds. The maximum Gasteiger partial charge on any atom is 0.274 e. The second-order valence-corrected chi connectivity index (χ2v) is 6.63. The monoisotopic (exact) mass is 374 g/mol. The van der Waals surface area contributed by atoms with Crippen LogP contribution in [0, 0.1) is 12.7 Å². The van der Waals surface area contributed by atoms with E-state index >= 15 is 0 Å². The number of aryl methyl sites for hydroxylation is 2. The normalized spacial score (nSPS) is 10.8. The fraction of sp³-hybridized carbons (Fsp3) is 0.0909. The number of nitrogens with one attached hydrogen (secondary N) is 1. The van der Waals surface area contributed by atoms with Crippen LogP contribution in [0.25, 0.3) is 17.1 Å². The predicted molar refractivity (Wildman–Crippen MR) is 107 cm³/mol. The Morgan fingerprint density at radius 1 is 1.04 bits per heavy atom. The highest BCUT2D eigenvalue weighted by Gasteiger charge is 2.19. The Morgan fingerprint density at radius 2 is 1.75 bits per heavy atom. The Bertz CT molecular complexity index is 1120. The molecule has 4 rings (SSSR count). The Kier molecular flexibility index (Phi) is 4.53. The van der Waals surface area contributed by atoms with E-state index in [1.807, 2.05) is 61.1 Å². The fourth-order valence-electron chi connectivity index (χ4n) is 3.01. The first-order chi connectivity index (χ1) is 13.5. The summed E-state index contributed by atoms with van der Waals surface area (Å²) in [6, 6.07) is 19.1. The van der Waals surface area contributed by atoms with Gasteiger partial charge in [0.05, 0.1) is 11.4 Å². The van der Waals surface area contributed by atoms with E-state index in [0.717, 1.165) is 16.9 Å². The van der Waals surface area contributed by atoms with Gasteiger partial charge in [0.1, 0.15) is 17.2 Å². The molecule has 0 saturated carbocycles. The van der Waals surface area contributed by atoms with Crippen molar-refractivity contribution in [2.45, 2.75) is 6.92 Å². The molecule has 6 heteroatoms. The summed E-state index contributed by atoms with van der Waals surface area (Å²) in [5, 5.41) is 7.47. The van der Waals surface area contributed by atoms with Gasteiger partial charge in [-0.25, -0.2) is 9.07 Å². The van der Waals surface area contributed by atoms with Crippen molar-refractivity contribution in [1.29, 1.82) is 0 Å². The molecule has 1 N–H and O–H groups in total. The zero-order chi connectivity index (χ0) is 19.7. The van der Waals surface area contributed by atoms with E-state index in [2.05, 4.69) is 10.4 Å². The summed E-state index contributed by atoms with van der Waals surface area (Å²) in [5.74, 6) is -0.672. The summed E-state index contributed by atoms with van der Waals surface area (Å²) in [5.41, 5.74) is 4.41. The van der Waals surface area contributed by atoms with Crippen molar-refractivity contribution >= 4 is 11.6 Å². The Balaban J connectivity index is 1.76. The quantitative estimate of drug-likeness (QED) is 0.569. The largest absolute Gasteiger partial charge is 0.349 e. The van der Waals surface area contributed by atoms with Crippen LogP contribution in [0.15, 0.2) is 72.9 Å². The SMILES string of the molecule is Cc1ccc(-n2nc(-c3cccn3C)cc2C(=O)Nc2ccc(F)cc2)cc1. The van der Waals surface area contributed by atoms with E-state index < -0.39 is 0 Å². The molecule has 0 atom stereocenters. The van der Waals surface area contributed by atoms with Crippen LogP contribution in [0.3, 0.4) is 0 Å². The Morgan fingerprint density at radius 3 is 2.39 bits per heavy atom. The highest BCUT2D eigenvalue weighted by molar-refractivity contribution is 6.04. The van der Waals surface area contributed by atoms with E-state index in [9.17, 15) is 9.18 Å². The minimum Gasteiger partial charge on any atom is -0.349 e. The first kappa shape index (κ1) is 17.7. The van der Waals surface area contributed by atoms with Crippen LogP contribution in [0.1, 0.15) is 16.1 Å². The van der Waals surface area contributed by atoms with E-state index in [1.54, 1.807) is 10.7 Å². The highest BCUT2D eigenvalue weighted by atomic mass is 19.1. The summed E-state index contributed by atoms with van der Waals surface area (Å²) in [4.78, 5) is 13.0. The molecule has 0 aliphatic rings. The van der Waals surface area contributed by atoms with E-state index in [0.29, 0.717) is 17.1 Å².